The molecular formula is C32H29FN4O6. The number of ether oxygens (including phenoxy) is 2. The van der Waals surface area contributed by atoms with Crippen LogP contribution in [0.3, 0.4) is 0 Å². The van der Waals surface area contributed by atoms with Crippen LogP contribution in [0.4, 0.5) is 4.39 Å². The fraction of sp³-hybridized carbons (Fsp3) is 0.250. The lowest BCUT2D eigenvalue weighted by atomic mass is 10.0. The van der Waals surface area contributed by atoms with Gasteiger partial charge in [-0.05, 0) is 60.0 Å². The molecule has 3 amide bonds. The molecule has 4 heterocycles. The molecule has 220 valence electrons. The number of fused-ring (bicyclic) bond motifs is 7. The summed E-state index contributed by atoms with van der Waals surface area (Å²) in [6, 6.07) is 17.7. The maximum absolute atomic E-state index is 15.0. The number of halogens is 1. The highest BCUT2D eigenvalue weighted by molar-refractivity contribution is 5.96. The van der Waals surface area contributed by atoms with Crippen LogP contribution in [0.15, 0.2) is 71.1 Å². The number of carbonyl (C=O) groups excluding carboxylic acids is 3. The Morgan fingerprint density at radius 1 is 0.977 bits per heavy atom. The molecule has 4 aromatic rings. The number of hydrogen-bond acceptors (Lipinski definition) is 7. The maximum Gasteiger partial charge on any atom is 0.291 e. The van der Waals surface area contributed by atoms with Crippen LogP contribution < -0.4 is 20.1 Å². The standard InChI is InChI=1S/C32H29FN4O6/c1-18-30(42-19(2)35-18)32(40)37-15-27-28(16-37)43-23-9-6-20(7-10-23)14-34-29(38)17-41-24-5-3-4-21(12-24)22-8-11-26(33)25(13-22)31(39)36-27/h3-13,27-28H,14-17H2,1-2H3,(H,34,38)(H,36,39)/t27-,28-/m0/s1. The zero-order valence-corrected chi connectivity index (χ0v) is 23.6. The molecule has 6 bridgehead atoms. The molecule has 3 aliphatic heterocycles. The first-order valence-electron chi connectivity index (χ1n) is 13.8. The first-order chi connectivity index (χ1) is 20.7. The van der Waals surface area contributed by atoms with E-state index in [4.69, 9.17) is 13.9 Å². The number of carbonyl (C=O) groups is 3. The summed E-state index contributed by atoms with van der Waals surface area (Å²) in [6.45, 7) is 3.72. The molecule has 11 heteroatoms. The molecule has 7 rings (SSSR count). The molecule has 0 saturated carbocycles. The largest absolute Gasteiger partial charge is 0.486 e. The van der Waals surface area contributed by atoms with Gasteiger partial charge < -0.3 is 29.4 Å². The lowest BCUT2D eigenvalue weighted by Crippen LogP contribution is -2.45. The zero-order chi connectivity index (χ0) is 30.1. The minimum Gasteiger partial charge on any atom is -0.486 e. The third-order valence-corrected chi connectivity index (χ3v) is 7.42. The highest BCUT2D eigenvalue weighted by atomic mass is 19.1. The van der Waals surface area contributed by atoms with Gasteiger partial charge in [0.25, 0.3) is 17.7 Å². The van der Waals surface area contributed by atoms with Crippen molar-refractivity contribution in [1.29, 1.82) is 0 Å². The summed E-state index contributed by atoms with van der Waals surface area (Å²) in [5.41, 5.74) is 2.41. The van der Waals surface area contributed by atoms with E-state index < -0.39 is 23.9 Å². The van der Waals surface area contributed by atoms with Crippen molar-refractivity contribution in [3.63, 3.8) is 0 Å². The third kappa shape index (κ3) is 6.06. The Kier molecular flexibility index (Phi) is 7.54. The molecule has 1 saturated heterocycles. The fourth-order valence-corrected chi connectivity index (χ4v) is 5.22. The van der Waals surface area contributed by atoms with Crippen molar-refractivity contribution in [3.8, 4) is 22.6 Å². The van der Waals surface area contributed by atoms with Crippen molar-refractivity contribution in [2.75, 3.05) is 19.7 Å². The molecule has 2 N–H and O–H groups in total. The number of rotatable bonds is 1. The summed E-state index contributed by atoms with van der Waals surface area (Å²) in [7, 11) is 0. The number of hydrogen-bond donors (Lipinski definition) is 2. The smallest absolute Gasteiger partial charge is 0.291 e. The average molecular weight is 585 g/mol. The van der Waals surface area contributed by atoms with Crippen LogP contribution in [-0.2, 0) is 11.3 Å². The molecule has 10 nitrogen and oxygen atoms in total. The monoisotopic (exact) mass is 584 g/mol. The second-order valence-electron chi connectivity index (χ2n) is 10.5. The topological polar surface area (TPSA) is 123 Å². The van der Waals surface area contributed by atoms with Crippen LogP contribution in [0.25, 0.3) is 11.1 Å². The van der Waals surface area contributed by atoms with Crippen LogP contribution in [0.2, 0.25) is 0 Å². The lowest BCUT2D eigenvalue weighted by Gasteiger charge is -2.21. The normalized spacial score (nSPS) is 18.6. The number of nitrogens with zero attached hydrogens (tertiary/aromatic N) is 2. The Balaban J connectivity index is 1.34. The Hall–Kier alpha value is -5.19. The van der Waals surface area contributed by atoms with Crippen LogP contribution in [0.1, 0.15) is 38.1 Å². The van der Waals surface area contributed by atoms with Gasteiger partial charge >= 0.3 is 0 Å². The van der Waals surface area contributed by atoms with E-state index in [1.54, 1.807) is 56.3 Å². The molecule has 1 fully saturated rings. The molecule has 0 spiro atoms. The van der Waals surface area contributed by atoms with Crippen molar-refractivity contribution in [2.24, 2.45) is 0 Å². The van der Waals surface area contributed by atoms with Gasteiger partial charge in [0.2, 0.25) is 5.76 Å². The summed E-state index contributed by atoms with van der Waals surface area (Å²) in [4.78, 5) is 45.0. The maximum atomic E-state index is 15.0. The molecule has 0 radical (unpaired) electrons. The van der Waals surface area contributed by atoms with Gasteiger partial charge in [-0.25, -0.2) is 9.37 Å². The number of amides is 3. The van der Waals surface area contributed by atoms with Crippen molar-refractivity contribution in [1.82, 2.24) is 20.5 Å². The van der Waals surface area contributed by atoms with E-state index in [0.29, 0.717) is 40.8 Å². The van der Waals surface area contributed by atoms with E-state index in [1.165, 1.54) is 17.0 Å². The Morgan fingerprint density at radius 2 is 1.77 bits per heavy atom. The molecule has 2 atom stereocenters. The Labute approximate surface area is 246 Å². The van der Waals surface area contributed by atoms with Crippen molar-refractivity contribution in [3.05, 3.63) is 101 Å². The Bertz CT molecular complexity index is 1700. The molecule has 1 aromatic heterocycles. The van der Waals surface area contributed by atoms with Gasteiger partial charge in [0, 0.05) is 20.0 Å². The summed E-state index contributed by atoms with van der Waals surface area (Å²) in [5, 5.41) is 5.72. The van der Waals surface area contributed by atoms with Gasteiger partial charge in [-0.15, -0.1) is 0 Å². The van der Waals surface area contributed by atoms with E-state index in [1.807, 2.05) is 12.1 Å². The fourth-order valence-electron chi connectivity index (χ4n) is 5.22. The summed E-state index contributed by atoms with van der Waals surface area (Å²) in [5.74, 6) is -0.563. The van der Waals surface area contributed by atoms with Gasteiger partial charge in [0.15, 0.2) is 12.5 Å². The number of benzene rings is 3. The Morgan fingerprint density at radius 3 is 2.53 bits per heavy atom. The van der Waals surface area contributed by atoms with Gasteiger partial charge in [0.1, 0.15) is 23.4 Å². The van der Waals surface area contributed by atoms with Gasteiger partial charge in [-0.3, -0.25) is 14.4 Å². The summed E-state index contributed by atoms with van der Waals surface area (Å²) < 4.78 is 32.5. The highest BCUT2D eigenvalue weighted by Gasteiger charge is 2.40. The van der Waals surface area contributed by atoms with Crippen LogP contribution in [0.5, 0.6) is 11.5 Å². The second kappa shape index (κ2) is 11.6. The van der Waals surface area contributed by atoms with Crippen LogP contribution in [-0.4, -0.2) is 59.4 Å². The van der Waals surface area contributed by atoms with Crippen LogP contribution >= 0.6 is 0 Å². The van der Waals surface area contributed by atoms with Gasteiger partial charge in [0.05, 0.1) is 23.8 Å². The molecule has 0 unspecified atom stereocenters. The molecule has 3 aliphatic rings. The molecule has 3 aromatic carbocycles. The minimum absolute atomic E-state index is 0.110. The van der Waals surface area contributed by atoms with E-state index in [-0.39, 0.29) is 42.8 Å². The quantitative estimate of drug-likeness (QED) is 0.349. The predicted molar refractivity (Wildman–Crippen MR) is 153 cm³/mol. The second-order valence-corrected chi connectivity index (χ2v) is 10.5. The number of aromatic nitrogens is 1. The minimum atomic E-state index is -0.695. The van der Waals surface area contributed by atoms with Gasteiger partial charge in [-0.2, -0.15) is 0 Å². The highest BCUT2D eigenvalue weighted by Crippen LogP contribution is 2.27. The third-order valence-electron chi connectivity index (χ3n) is 7.42. The number of oxazole rings is 1. The molecule has 43 heavy (non-hydrogen) atoms. The number of likely N-dealkylation sites (tertiary alicyclic amines) is 1. The first kappa shape index (κ1) is 28.0. The summed E-state index contributed by atoms with van der Waals surface area (Å²) >= 11 is 0. The first-order valence-corrected chi connectivity index (χ1v) is 13.8. The zero-order valence-electron chi connectivity index (χ0n) is 23.6. The van der Waals surface area contributed by atoms with Gasteiger partial charge in [-0.1, -0.05) is 30.3 Å². The lowest BCUT2D eigenvalue weighted by molar-refractivity contribution is -0.123. The van der Waals surface area contributed by atoms with Crippen molar-refractivity contribution >= 4 is 17.7 Å². The van der Waals surface area contributed by atoms with Crippen molar-refractivity contribution in [2.45, 2.75) is 32.5 Å². The molecular weight excluding hydrogens is 555 g/mol. The number of nitrogens with one attached hydrogen (secondary N) is 2. The van der Waals surface area contributed by atoms with E-state index in [0.717, 1.165) is 5.56 Å². The van der Waals surface area contributed by atoms with E-state index >= 15 is 4.39 Å². The van der Waals surface area contributed by atoms with Crippen molar-refractivity contribution < 1.29 is 32.7 Å². The molecule has 0 aliphatic carbocycles. The summed E-state index contributed by atoms with van der Waals surface area (Å²) in [6.07, 6.45) is -0.645. The van der Waals surface area contributed by atoms with E-state index in [9.17, 15) is 14.4 Å². The number of aryl methyl sites for hydroxylation is 2. The average Bonchev–Trinajstić information content (AvgIpc) is 3.56. The van der Waals surface area contributed by atoms with E-state index in [2.05, 4.69) is 15.6 Å². The SMILES string of the molecule is Cc1nc(C)c(C(=O)N2C[C@@H]3NC(=O)c4cc(ccc4F)-c4cccc(c4)OCC(=O)NCc4ccc(cc4)O[C@H]3C2)o1. The van der Waals surface area contributed by atoms with Crippen LogP contribution in [0, 0.1) is 19.7 Å². The predicted octanol–water partition coefficient (Wildman–Crippen LogP) is 3.81.